The molecule has 2 aromatic rings. The number of anilines is 1. The Kier molecular flexibility index (Phi) is 7.33. The Morgan fingerprint density at radius 1 is 1.24 bits per heavy atom. The number of aromatic nitrogens is 2. The van der Waals surface area contributed by atoms with Crippen LogP contribution < -0.4 is 16.0 Å². The number of nitrogens with zero attached hydrogens (tertiary/aromatic N) is 4. The van der Waals surface area contributed by atoms with Gasteiger partial charge in [0, 0.05) is 42.8 Å². The summed E-state index contributed by atoms with van der Waals surface area (Å²) in [5.41, 5.74) is 11.4. The summed E-state index contributed by atoms with van der Waals surface area (Å²) in [7, 11) is 0. The zero-order chi connectivity index (χ0) is 26.0. The Hall–Kier alpha value is -3.20. The van der Waals surface area contributed by atoms with Crippen molar-refractivity contribution in [1.82, 2.24) is 15.3 Å². The first kappa shape index (κ1) is 25.4. The Balaban J connectivity index is 1.24. The van der Waals surface area contributed by atoms with Gasteiger partial charge in [-0.05, 0) is 76.5 Å². The largest absolute Gasteiger partial charge is 0.444 e. The highest BCUT2D eigenvalue weighted by molar-refractivity contribution is 6.10. The van der Waals surface area contributed by atoms with Crippen molar-refractivity contribution in [3.05, 3.63) is 35.8 Å². The van der Waals surface area contributed by atoms with Crippen LogP contribution in [0.2, 0.25) is 0 Å². The van der Waals surface area contributed by atoms with Crippen molar-refractivity contribution in [3.8, 4) is 0 Å². The number of hydrogen-bond donors (Lipinski definition) is 2. The van der Waals surface area contributed by atoms with Gasteiger partial charge in [0.05, 0.1) is 42.2 Å². The molecule has 0 spiro atoms. The number of amides is 1. The maximum Gasteiger partial charge on any atom is 0.407 e. The summed E-state index contributed by atoms with van der Waals surface area (Å²) in [4.78, 5) is 28.7. The first-order valence-corrected chi connectivity index (χ1v) is 13.3. The lowest BCUT2D eigenvalue weighted by Crippen LogP contribution is -2.40. The fourth-order valence-corrected chi connectivity index (χ4v) is 4.76. The van der Waals surface area contributed by atoms with Gasteiger partial charge < -0.3 is 25.4 Å². The predicted molar refractivity (Wildman–Crippen MR) is 146 cm³/mol. The van der Waals surface area contributed by atoms with Crippen LogP contribution in [0.5, 0.6) is 0 Å². The molecule has 37 heavy (non-hydrogen) atoms. The molecule has 3 fully saturated rings. The summed E-state index contributed by atoms with van der Waals surface area (Å²) in [6, 6.07) is 6.46. The molecule has 3 aliphatic rings. The van der Waals surface area contributed by atoms with E-state index >= 15 is 0 Å². The van der Waals surface area contributed by atoms with Crippen molar-refractivity contribution >= 4 is 34.6 Å². The standard InChI is InChI=1S/C28H38N6O3/c1-28(2,3)37-27(35)32-15-18-12-20(13-18)30-16-22(26(29)19-4-5-19)25-17-31-24-14-21(6-7-23(24)33-25)34-8-10-36-11-9-34/h6-7,14,16-20H,4-5,8-13,15,29H2,1-3H3,(H,32,35). The predicted octanol–water partition coefficient (Wildman–Crippen LogP) is 3.92. The lowest BCUT2D eigenvalue weighted by Gasteiger charge is -2.33. The Morgan fingerprint density at radius 2 is 2.00 bits per heavy atom. The number of nitrogens with one attached hydrogen (secondary N) is 1. The molecule has 0 bridgehead atoms. The van der Waals surface area contributed by atoms with Gasteiger partial charge in [-0.25, -0.2) is 9.78 Å². The minimum Gasteiger partial charge on any atom is -0.444 e. The van der Waals surface area contributed by atoms with Gasteiger partial charge in [-0.15, -0.1) is 0 Å². The molecule has 1 aliphatic heterocycles. The molecule has 1 aromatic carbocycles. The van der Waals surface area contributed by atoms with Crippen LogP contribution in [0.15, 0.2) is 35.1 Å². The second kappa shape index (κ2) is 10.7. The van der Waals surface area contributed by atoms with E-state index in [0.29, 0.717) is 18.4 Å². The number of ether oxygens (including phenoxy) is 2. The molecule has 1 saturated heterocycles. The summed E-state index contributed by atoms with van der Waals surface area (Å²) in [5.74, 6) is 0.804. The van der Waals surface area contributed by atoms with E-state index in [-0.39, 0.29) is 12.1 Å². The smallest absolute Gasteiger partial charge is 0.407 e. The third kappa shape index (κ3) is 6.57. The normalized spacial score (nSPS) is 23.1. The summed E-state index contributed by atoms with van der Waals surface area (Å²) >= 11 is 0. The van der Waals surface area contributed by atoms with Gasteiger partial charge in [0.15, 0.2) is 0 Å². The molecular weight excluding hydrogens is 468 g/mol. The molecule has 9 nitrogen and oxygen atoms in total. The number of hydrogen-bond acceptors (Lipinski definition) is 8. The monoisotopic (exact) mass is 506 g/mol. The van der Waals surface area contributed by atoms with E-state index < -0.39 is 5.60 Å². The molecular formula is C28H38N6O3. The summed E-state index contributed by atoms with van der Waals surface area (Å²) < 4.78 is 10.8. The second-order valence-corrected chi connectivity index (χ2v) is 11.3. The average Bonchev–Trinajstić information content (AvgIpc) is 3.69. The van der Waals surface area contributed by atoms with E-state index in [0.717, 1.165) is 85.7 Å². The van der Waals surface area contributed by atoms with Crippen molar-refractivity contribution in [2.24, 2.45) is 22.6 Å². The van der Waals surface area contributed by atoms with Crippen LogP contribution in [-0.2, 0) is 9.47 Å². The minimum atomic E-state index is -0.489. The van der Waals surface area contributed by atoms with Gasteiger partial charge >= 0.3 is 6.09 Å². The molecule has 1 aromatic heterocycles. The maximum absolute atomic E-state index is 11.9. The number of fused-ring (bicyclic) bond motifs is 1. The lowest BCUT2D eigenvalue weighted by molar-refractivity contribution is 0.0507. The van der Waals surface area contributed by atoms with Gasteiger partial charge in [-0.2, -0.15) is 0 Å². The molecule has 3 N–H and O–H groups in total. The SMILES string of the molecule is CC(C)(C)OC(=O)NCC1CC(N=CC(=C(N)C2CC2)c2cnc3cc(N4CCOCC4)ccc3n2)C1. The summed E-state index contributed by atoms with van der Waals surface area (Å²) in [5, 5.41) is 2.87. The van der Waals surface area contributed by atoms with Gasteiger partial charge in [-0.1, -0.05) is 0 Å². The van der Waals surface area contributed by atoms with Gasteiger partial charge in [0.2, 0.25) is 0 Å². The number of nitrogens with two attached hydrogens (primary N) is 1. The Morgan fingerprint density at radius 3 is 2.70 bits per heavy atom. The van der Waals surface area contributed by atoms with E-state index in [1.807, 2.05) is 39.2 Å². The Bertz CT molecular complexity index is 1190. The first-order chi connectivity index (χ1) is 17.7. The highest BCUT2D eigenvalue weighted by Crippen LogP contribution is 2.37. The van der Waals surface area contributed by atoms with Crippen LogP contribution in [0.3, 0.4) is 0 Å². The molecule has 9 heteroatoms. The number of allylic oxidation sites excluding steroid dienone is 2. The topological polar surface area (TPSA) is 115 Å². The number of morpholine rings is 1. The molecule has 2 saturated carbocycles. The van der Waals surface area contributed by atoms with Crippen molar-refractivity contribution in [3.63, 3.8) is 0 Å². The van der Waals surface area contributed by atoms with E-state index in [2.05, 4.69) is 22.3 Å². The molecule has 198 valence electrons. The van der Waals surface area contributed by atoms with Crippen molar-refractivity contribution in [2.75, 3.05) is 37.7 Å². The van der Waals surface area contributed by atoms with Gasteiger partial charge in [-0.3, -0.25) is 9.98 Å². The number of aliphatic imine (C=N–C) groups is 1. The number of rotatable bonds is 7. The van der Waals surface area contributed by atoms with Crippen molar-refractivity contribution < 1.29 is 14.3 Å². The third-order valence-corrected chi connectivity index (χ3v) is 7.07. The van der Waals surface area contributed by atoms with Crippen molar-refractivity contribution in [2.45, 2.75) is 58.1 Å². The van der Waals surface area contributed by atoms with Crippen LogP contribution in [0, 0.1) is 11.8 Å². The second-order valence-electron chi connectivity index (χ2n) is 11.3. The zero-order valence-corrected chi connectivity index (χ0v) is 22.1. The number of carbonyl (C=O) groups is 1. The number of carbonyl (C=O) groups excluding carboxylic acids is 1. The first-order valence-electron chi connectivity index (χ1n) is 13.3. The van der Waals surface area contributed by atoms with E-state index in [1.165, 1.54) is 0 Å². The van der Waals surface area contributed by atoms with Crippen molar-refractivity contribution in [1.29, 1.82) is 0 Å². The van der Waals surface area contributed by atoms with Crippen LogP contribution in [-0.4, -0.2) is 66.8 Å². The summed E-state index contributed by atoms with van der Waals surface area (Å²) in [6.07, 6.45) is 7.41. The number of benzene rings is 1. The molecule has 0 unspecified atom stereocenters. The average molecular weight is 507 g/mol. The molecule has 2 heterocycles. The molecule has 1 amide bonds. The quantitative estimate of drug-likeness (QED) is 0.547. The zero-order valence-electron chi connectivity index (χ0n) is 22.1. The Labute approximate surface area is 218 Å². The van der Waals surface area contributed by atoms with Crippen LogP contribution in [0.4, 0.5) is 10.5 Å². The number of alkyl carbamates (subject to hydrolysis) is 1. The minimum absolute atomic E-state index is 0.219. The molecule has 0 radical (unpaired) electrons. The van der Waals surface area contributed by atoms with Crippen LogP contribution >= 0.6 is 0 Å². The fraction of sp³-hybridized carbons (Fsp3) is 0.571. The molecule has 2 aliphatic carbocycles. The van der Waals surface area contributed by atoms with E-state index in [9.17, 15) is 4.79 Å². The van der Waals surface area contributed by atoms with Crippen LogP contribution in [0.25, 0.3) is 16.6 Å². The van der Waals surface area contributed by atoms with Gasteiger partial charge in [0.25, 0.3) is 0 Å². The van der Waals surface area contributed by atoms with E-state index in [1.54, 1.807) is 0 Å². The lowest BCUT2D eigenvalue weighted by atomic mass is 9.80. The van der Waals surface area contributed by atoms with Crippen LogP contribution in [0.1, 0.15) is 52.1 Å². The maximum atomic E-state index is 11.9. The third-order valence-electron chi connectivity index (χ3n) is 7.07. The molecule has 5 rings (SSSR count). The highest BCUT2D eigenvalue weighted by atomic mass is 16.6. The van der Waals surface area contributed by atoms with E-state index in [4.69, 9.17) is 30.2 Å². The highest BCUT2D eigenvalue weighted by Gasteiger charge is 2.30. The fourth-order valence-electron chi connectivity index (χ4n) is 4.76. The van der Waals surface area contributed by atoms with Gasteiger partial charge in [0.1, 0.15) is 5.60 Å². The summed E-state index contributed by atoms with van der Waals surface area (Å²) in [6.45, 7) is 9.47. The molecule has 0 atom stereocenters.